The van der Waals surface area contributed by atoms with Gasteiger partial charge in [0.25, 0.3) is 5.69 Å². The quantitative estimate of drug-likeness (QED) is 0.475. The average Bonchev–Trinajstić information content (AvgIpc) is 2.53. The lowest BCUT2D eigenvalue weighted by molar-refractivity contribution is -0.384. The highest BCUT2D eigenvalue weighted by atomic mass is 16.6. The Morgan fingerprint density at radius 3 is 2.48 bits per heavy atom. The first kappa shape index (κ1) is 16.7. The number of Topliss-reactive ketones (excluding diaryl/α,β-unsaturated/α-hetero) is 1. The van der Waals surface area contributed by atoms with Crippen molar-refractivity contribution in [3.05, 3.63) is 69.8 Å². The molecule has 5 heteroatoms. The zero-order valence-electron chi connectivity index (χ0n) is 13.3. The molecule has 2 rings (SSSR count). The summed E-state index contributed by atoms with van der Waals surface area (Å²) >= 11 is 0. The van der Waals surface area contributed by atoms with Gasteiger partial charge in [0.2, 0.25) is 0 Å². The maximum absolute atomic E-state index is 12.3. The second kappa shape index (κ2) is 7.54. The van der Waals surface area contributed by atoms with E-state index in [1.165, 1.54) is 6.07 Å². The van der Waals surface area contributed by atoms with E-state index < -0.39 is 4.92 Å². The summed E-state index contributed by atoms with van der Waals surface area (Å²) in [6, 6.07) is 13.8. The summed E-state index contributed by atoms with van der Waals surface area (Å²) in [5, 5.41) is 14.2. The van der Waals surface area contributed by atoms with Crippen molar-refractivity contribution in [1.82, 2.24) is 0 Å². The average molecular weight is 312 g/mol. The molecule has 0 aliphatic carbocycles. The van der Waals surface area contributed by atoms with Gasteiger partial charge in [-0.3, -0.25) is 14.9 Å². The highest BCUT2D eigenvalue weighted by Crippen LogP contribution is 2.26. The predicted molar refractivity (Wildman–Crippen MR) is 90.9 cm³/mol. The number of nitrogens with zero attached hydrogens (tertiary/aromatic N) is 1. The molecule has 0 bridgehead atoms. The summed E-state index contributed by atoms with van der Waals surface area (Å²) in [7, 11) is 0. The summed E-state index contributed by atoms with van der Waals surface area (Å²) in [6.45, 7) is 4.69. The van der Waals surface area contributed by atoms with Crippen LogP contribution in [0.5, 0.6) is 0 Å². The molecule has 120 valence electrons. The van der Waals surface area contributed by atoms with Crippen molar-refractivity contribution in [2.24, 2.45) is 5.92 Å². The van der Waals surface area contributed by atoms with Crippen LogP contribution in [0.1, 0.15) is 29.8 Å². The summed E-state index contributed by atoms with van der Waals surface area (Å²) in [4.78, 5) is 23.0. The van der Waals surface area contributed by atoms with Gasteiger partial charge in [0, 0.05) is 24.6 Å². The number of carbonyl (C=O) groups is 1. The van der Waals surface area contributed by atoms with Crippen LogP contribution in [0.15, 0.2) is 48.5 Å². The van der Waals surface area contributed by atoms with Gasteiger partial charge >= 0.3 is 0 Å². The summed E-state index contributed by atoms with van der Waals surface area (Å²) in [6.07, 6.45) is 0.221. The molecule has 0 radical (unpaired) electrons. The fourth-order valence-electron chi connectivity index (χ4n) is 2.22. The highest BCUT2D eigenvalue weighted by Gasteiger charge is 2.16. The van der Waals surface area contributed by atoms with Crippen molar-refractivity contribution in [3.63, 3.8) is 0 Å². The lowest BCUT2D eigenvalue weighted by atomic mass is 10.0. The molecule has 1 N–H and O–H groups in total. The molecular weight excluding hydrogens is 292 g/mol. The molecule has 0 heterocycles. The van der Waals surface area contributed by atoms with Crippen LogP contribution >= 0.6 is 0 Å². The standard InChI is InChI=1S/C18H20N2O3/c1-13(2)12-19-16-10-14(8-9-17(16)20(22)23)11-18(21)15-6-4-3-5-7-15/h3-10,13,19H,11-12H2,1-2H3. The lowest BCUT2D eigenvalue weighted by Gasteiger charge is -2.11. The molecule has 0 amide bonds. The first-order chi connectivity index (χ1) is 11.0. The number of hydrogen-bond donors (Lipinski definition) is 1. The number of anilines is 1. The fraction of sp³-hybridized carbons (Fsp3) is 0.278. The minimum Gasteiger partial charge on any atom is -0.379 e. The van der Waals surface area contributed by atoms with Crippen LogP contribution in [0.4, 0.5) is 11.4 Å². The van der Waals surface area contributed by atoms with Crippen molar-refractivity contribution in [3.8, 4) is 0 Å². The first-order valence-corrected chi connectivity index (χ1v) is 7.57. The molecule has 0 unspecified atom stereocenters. The van der Waals surface area contributed by atoms with E-state index >= 15 is 0 Å². The zero-order chi connectivity index (χ0) is 16.8. The summed E-state index contributed by atoms with van der Waals surface area (Å²) in [5.41, 5.74) is 1.89. The first-order valence-electron chi connectivity index (χ1n) is 7.57. The SMILES string of the molecule is CC(C)CNc1cc(CC(=O)c2ccccc2)ccc1[N+](=O)[O-]. The monoisotopic (exact) mass is 312 g/mol. The van der Waals surface area contributed by atoms with Crippen molar-refractivity contribution < 1.29 is 9.72 Å². The number of carbonyl (C=O) groups excluding carboxylic acids is 1. The minimum absolute atomic E-state index is 0.00531. The van der Waals surface area contributed by atoms with Crippen molar-refractivity contribution in [1.29, 1.82) is 0 Å². The molecule has 0 aromatic heterocycles. The third-order valence-electron chi connectivity index (χ3n) is 3.42. The Morgan fingerprint density at radius 2 is 1.87 bits per heavy atom. The number of nitrogens with one attached hydrogen (secondary N) is 1. The number of benzene rings is 2. The second-order valence-electron chi connectivity index (χ2n) is 5.85. The van der Waals surface area contributed by atoms with E-state index in [0.717, 1.165) is 5.56 Å². The van der Waals surface area contributed by atoms with Crippen LogP contribution < -0.4 is 5.32 Å². The number of ketones is 1. The largest absolute Gasteiger partial charge is 0.379 e. The Morgan fingerprint density at radius 1 is 1.17 bits per heavy atom. The van der Waals surface area contributed by atoms with E-state index in [2.05, 4.69) is 5.32 Å². The zero-order valence-corrected chi connectivity index (χ0v) is 13.3. The van der Waals surface area contributed by atoms with Crippen LogP contribution in [0.3, 0.4) is 0 Å². The Balaban J connectivity index is 2.21. The van der Waals surface area contributed by atoms with E-state index in [-0.39, 0.29) is 17.9 Å². The Hall–Kier alpha value is -2.69. The van der Waals surface area contributed by atoms with Gasteiger partial charge < -0.3 is 5.32 Å². The number of hydrogen-bond acceptors (Lipinski definition) is 4. The molecule has 5 nitrogen and oxygen atoms in total. The summed E-state index contributed by atoms with van der Waals surface area (Å²) in [5.74, 6) is 0.360. The number of rotatable bonds is 7. The molecule has 0 aliphatic heterocycles. The van der Waals surface area contributed by atoms with Gasteiger partial charge in [0.05, 0.1) is 4.92 Å². The second-order valence-corrected chi connectivity index (χ2v) is 5.85. The third kappa shape index (κ3) is 4.64. The smallest absolute Gasteiger partial charge is 0.292 e. The van der Waals surface area contributed by atoms with E-state index in [0.29, 0.717) is 23.7 Å². The van der Waals surface area contributed by atoms with Gasteiger partial charge in [-0.1, -0.05) is 50.2 Å². The fourth-order valence-corrected chi connectivity index (χ4v) is 2.22. The van der Waals surface area contributed by atoms with Gasteiger partial charge in [-0.15, -0.1) is 0 Å². The molecule has 0 spiro atoms. The van der Waals surface area contributed by atoms with E-state index in [1.807, 2.05) is 32.0 Å². The minimum atomic E-state index is -0.411. The third-order valence-corrected chi connectivity index (χ3v) is 3.42. The molecule has 2 aromatic carbocycles. The van der Waals surface area contributed by atoms with Gasteiger partial charge in [-0.05, 0) is 17.5 Å². The lowest BCUT2D eigenvalue weighted by Crippen LogP contribution is -2.10. The number of nitro benzene ring substituents is 1. The predicted octanol–water partition coefficient (Wildman–Crippen LogP) is 4.09. The molecule has 0 atom stereocenters. The number of nitro groups is 1. The normalized spacial score (nSPS) is 10.6. The van der Waals surface area contributed by atoms with Crippen LogP contribution in [0.25, 0.3) is 0 Å². The van der Waals surface area contributed by atoms with Crippen LogP contribution in [-0.4, -0.2) is 17.3 Å². The molecule has 0 saturated heterocycles. The van der Waals surface area contributed by atoms with Crippen molar-refractivity contribution >= 4 is 17.2 Å². The molecular formula is C18H20N2O3. The van der Waals surface area contributed by atoms with Crippen molar-refractivity contribution in [2.75, 3.05) is 11.9 Å². The maximum Gasteiger partial charge on any atom is 0.292 e. The Bertz CT molecular complexity index is 697. The van der Waals surface area contributed by atoms with Crippen LogP contribution in [0, 0.1) is 16.0 Å². The van der Waals surface area contributed by atoms with E-state index in [4.69, 9.17) is 0 Å². The molecule has 0 fully saturated rings. The van der Waals surface area contributed by atoms with E-state index in [9.17, 15) is 14.9 Å². The maximum atomic E-state index is 12.3. The van der Waals surface area contributed by atoms with Crippen LogP contribution in [-0.2, 0) is 6.42 Å². The van der Waals surface area contributed by atoms with Gasteiger partial charge in [-0.2, -0.15) is 0 Å². The van der Waals surface area contributed by atoms with Gasteiger partial charge in [0.1, 0.15) is 5.69 Å². The van der Waals surface area contributed by atoms with E-state index in [1.54, 1.807) is 24.3 Å². The highest BCUT2D eigenvalue weighted by molar-refractivity contribution is 5.97. The Labute approximate surface area is 135 Å². The molecule has 0 saturated carbocycles. The molecule has 2 aromatic rings. The van der Waals surface area contributed by atoms with Gasteiger partial charge in [-0.25, -0.2) is 0 Å². The van der Waals surface area contributed by atoms with Crippen LogP contribution in [0.2, 0.25) is 0 Å². The topological polar surface area (TPSA) is 72.2 Å². The molecule has 23 heavy (non-hydrogen) atoms. The summed E-state index contributed by atoms with van der Waals surface area (Å²) < 4.78 is 0. The van der Waals surface area contributed by atoms with Crippen molar-refractivity contribution in [2.45, 2.75) is 20.3 Å². The molecule has 0 aliphatic rings. The van der Waals surface area contributed by atoms with Gasteiger partial charge in [0.15, 0.2) is 5.78 Å². The Kier molecular flexibility index (Phi) is 5.46.